The minimum Gasteiger partial charge on any atom is -0.396 e. The summed E-state index contributed by atoms with van der Waals surface area (Å²) in [5.74, 6) is 2.80. The topological polar surface area (TPSA) is 40.5 Å². The van der Waals surface area contributed by atoms with Crippen molar-refractivity contribution < 1.29 is 10.2 Å². The second-order valence-corrected chi connectivity index (χ2v) is 16.4. The Balaban J connectivity index is 3.03. The predicted octanol–water partition coefficient (Wildman–Crippen LogP) is 15.3. The van der Waals surface area contributed by atoms with Crippen molar-refractivity contribution in [2.24, 2.45) is 0 Å². The lowest BCUT2D eigenvalue weighted by Gasteiger charge is -2.05. The molecule has 0 aromatic heterocycles. The Morgan fingerprint density at radius 3 is 0.447 bits per heavy atom. The van der Waals surface area contributed by atoms with E-state index >= 15 is 0 Å². The van der Waals surface area contributed by atoms with Crippen molar-refractivity contribution in [2.45, 2.75) is 257 Å². The van der Waals surface area contributed by atoms with Crippen LogP contribution in [0.4, 0.5) is 0 Å². The van der Waals surface area contributed by atoms with Gasteiger partial charge in [-0.05, 0) is 37.2 Å². The molecule has 0 saturated carbocycles. The minimum absolute atomic E-state index is 0.372. The maximum atomic E-state index is 8.80. The first-order valence-corrected chi connectivity index (χ1v) is 23.4. The summed E-state index contributed by atoms with van der Waals surface area (Å²) in [7, 11) is 0. The van der Waals surface area contributed by atoms with Crippen LogP contribution in [0.1, 0.15) is 257 Å². The van der Waals surface area contributed by atoms with Crippen LogP contribution in [0.15, 0.2) is 0 Å². The summed E-state index contributed by atoms with van der Waals surface area (Å²) >= 11 is 2.22. The molecular formula is C44H90O2S. The largest absolute Gasteiger partial charge is 0.396 e. The highest BCUT2D eigenvalue weighted by atomic mass is 32.2. The third kappa shape index (κ3) is 46.3. The fraction of sp³-hybridized carbons (Fsp3) is 1.00. The van der Waals surface area contributed by atoms with Crippen molar-refractivity contribution >= 4 is 11.8 Å². The van der Waals surface area contributed by atoms with Crippen LogP contribution in [-0.4, -0.2) is 34.9 Å². The lowest BCUT2D eigenvalue weighted by molar-refractivity contribution is 0.282. The standard InChI is InChI=1S/C44H90O2S/c45-41-37-33-29-25-21-17-13-9-5-1-3-7-11-15-19-23-27-31-35-39-43-47-44-40-36-32-28-24-20-16-12-8-4-2-6-10-14-18-22-26-30-34-38-42-46/h45-46H,1-44H2. The van der Waals surface area contributed by atoms with Crippen molar-refractivity contribution in [3.63, 3.8) is 0 Å². The molecule has 0 rings (SSSR count). The summed E-state index contributed by atoms with van der Waals surface area (Å²) in [6.45, 7) is 0.744. The van der Waals surface area contributed by atoms with Gasteiger partial charge in [-0.3, -0.25) is 0 Å². The zero-order chi connectivity index (χ0) is 33.8. The highest BCUT2D eigenvalue weighted by Crippen LogP contribution is 2.18. The Hall–Kier alpha value is 0.270. The fourth-order valence-electron chi connectivity index (χ4n) is 7.10. The zero-order valence-corrected chi connectivity index (χ0v) is 33.2. The molecule has 0 aliphatic carbocycles. The zero-order valence-electron chi connectivity index (χ0n) is 32.4. The van der Waals surface area contributed by atoms with Crippen LogP contribution >= 0.6 is 11.8 Å². The summed E-state index contributed by atoms with van der Waals surface area (Å²) in [5, 5.41) is 17.6. The van der Waals surface area contributed by atoms with Gasteiger partial charge in [0.05, 0.1) is 0 Å². The third-order valence-electron chi connectivity index (χ3n) is 10.4. The van der Waals surface area contributed by atoms with Gasteiger partial charge in [-0.15, -0.1) is 0 Å². The third-order valence-corrected chi connectivity index (χ3v) is 11.5. The lowest BCUT2D eigenvalue weighted by Crippen LogP contribution is -1.87. The summed E-state index contributed by atoms with van der Waals surface area (Å²) in [5.41, 5.74) is 0. The molecule has 0 amide bonds. The molecule has 0 heterocycles. The quantitative estimate of drug-likeness (QED) is 0.0628. The van der Waals surface area contributed by atoms with Crippen molar-refractivity contribution in [2.75, 3.05) is 24.7 Å². The number of hydrogen-bond acceptors (Lipinski definition) is 3. The number of thioether (sulfide) groups is 1. The Labute approximate surface area is 302 Å². The Bertz CT molecular complexity index is 469. The first kappa shape index (κ1) is 47.3. The van der Waals surface area contributed by atoms with Gasteiger partial charge >= 0.3 is 0 Å². The second kappa shape index (κ2) is 46.3. The minimum atomic E-state index is 0.372. The molecule has 0 aliphatic heterocycles. The molecule has 2 N–H and O–H groups in total. The van der Waals surface area contributed by atoms with Gasteiger partial charge in [-0.25, -0.2) is 0 Å². The molecule has 3 heteroatoms. The van der Waals surface area contributed by atoms with Crippen LogP contribution in [-0.2, 0) is 0 Å². The van der Waals surface area contributed by atoms with Crippen LogP contribution in [0.3, 0.4) is 0 Å². The molecule has 0 aromatic carbocycles. The molecular weight excluding hydrogens is 593 g/mol. The Morgan fingerprint density at radius 1 is 0.170 bits per heavy atom. The summed E-state index contributed by atoms with van der Waals surface area (Å²) in [4.78, 5) is 0. The highest BCUT2D eigenvalue weighted by molar-refractivity contribution is 7.99. The molecule has 0 fully saturated rings. The van der Waals surface area contributed by atoms with E-state index in [4.69, 9.17) is 10.2 Å². The van der Waals surface area contributed by atoms with E-state index in [9.17, 15) is 0 Å². The molecule has 0 aliphatic rings. The van der Waals surface area contributed by atoms with E-state index in [0.29, 0.717) is 13.2 Å². The Morgan fingerprint density at radius 2 is 0.298 bits per heavy atom. The van der Waals surface area contributed by atoms with Crippen molar-refractivity contribution in [3.8, 4) is 0 Å². The predicted molar refractivity (Wildman–Crippen MR) is 216 cm³/mol. The lowest BCUT2D eigenvalue weighted by atomic mass is 10.0. The SMILES string of the molecule is OCCCCCCCCCCCCCCCCCCCCCCSCCCCCCCCCCCCCCCCCCCCCCO. The smallest absolute Gasteiger partial charge is 0.0431 e. The molecule has 2 nitrogen and oxygen atoms in total. The molecule has 0 radical (unpaired) electrons. The molecule has 47 heavy (non-hydrogen) atoms. The Kier molecular flexibility index (Phi) is 46.5. The summed E-state index contributed by atoms with van der Waals surface area (Å²) in [6, 6.07) is 0. The van der Waals surface area contributed by atoms with Gasteiger partial charge in [0.25, 0.3) is 0 Å². The summed E-state index contributed by atoms with van der Waals surface area (Å²) in [6.07, 6.45) is 56.5. The average molecular weight is 683 g/mol. The van der Waals surface area contributed by atoms with Crippen LogP contribution < -0.4 is 0 Å². The average Bonchev–Trinajstić information content (AvgIpc) is 3.08. The van der Waals surface area contributed by atoms with Gasteiger partial charge in [-0.2, -0.15) is 11.8 Å². The first-order valence-electron chi connectivity index (χ1n) is 22.2. The van der Waals surface area contributed by atoms with Gasteiger partial charge in [0, 0.05) is 13.2 Å². The van der Waals surface area contributed by atoms with Gasteiger partial charge in [0.15, 0.2) is 0 Å². The number of aliphatic hydroxyl groups is 2. The summed E-state index contributed by atoms with van der Waals surface area (Å²) < 4.78 is 0. The van der Waals surface area contributed by atoms with Gasteiger partial charge in [-0.1, -0.05) is 231 Å². The van der Waals surface area contributed by atoms with E-state index in [2.05, 4.69) is 11.8 Å². The molecule has 0 atom stereocenters. The number of aliphatic hydroxyl groups excluding tert-OH is 2. The van der Waals surface area contributed by atoms with Gasteiger partial charge < -0.3 is 10.2 Å². The van der Waals surface area contributed by atoms with Gasteiger partial charge in [0.1, 0.15) is 0 Å². The monoisotopic (exact) mass is 683 g/mol. The highest BCUT2D eigenvalue weighted by Gasteiger charge is 1.98. The van der Waals surface area contributed by atoms with Crippen molar-refractivity contribution in [1.82, 2.24) is 0 Å². The number of unbranched alkanes of at least 4 members (excludes halogenated alkanes) is 38. The molecule has 0 unspecified atom stereocenters. The van der Waals surface area contributed by atoms with Crippen molar-refractivity contribution in [3.05, 3.63) is 0 Å². The second-order valence-electron chi connectivity index (χ2n) is 15.2. The van der Waals surface area contributed by atoms with Gasteiger partial charge in [0.2, 0.25) is 0 Å². The van der Waals surface area contributed by atoms with Crippen LogP contribution in [0, 0.1) is 0 Å². The van der Waals surface area contributed by atoms with Crippen LogP contribution in [0.2, 0.25) is 0 Å². The van der Waals surface area contributed by atoms with Crippen molar-refractivity contribution in [1.29, 1.82) is 0 Å². The normalized spacial score (nSPS) is 11.6. The maximum Gasteiger partial charge on any atom is 0.0431 e. The first-order chi connectivity index (χ1) is 23.4. The fourth-order valence-corrected chi connectivity index (χ4v) is 8.12. The van der Waals surface area contributed by atoms with E-state index in [-0.39, 0.29) is 0 Å². The molecule has 0 spiro atoms. The molecule has 0 saturated heterocycles. The maximum absolute atomic E-state index is 8.80. The molecule has 284 valence electrons. The van der Waals surface area contributed by atoms with Crippen LogP contribution in [0.25, 0.3) is 0 Å². The number of hydrogen-bond donors (Lipinski definition) is 2. The van der Waals surface area contributed by atoms with E-state index in [1.54, 1.807) is 0 Å². The van der Waals surface area contributed by atoms with E-state index in [1.165, 1.54) is 255 Å². The molecule has 0 aromatic rings. The van der Waals surface area contributed by atoms with E-state index < -0.39 is 0 Å². The number of rotatable bonds is 44. The van der Waals surface area contributed by atoms with E-state index in [0.717, 1.165) is 12.8 Å². The molecule has 0 bridgehead atoms. The van der Waals surface area contributed by atoms with Crippen LogP contribution in [0.5, 0.6) is 0 Å². The van der Waals surface area contributed by atoms with E-state index in [1.807, 2.05) is 0 Å².